The molecule has 0 unspecified atom stereocenters. The van der Waals surface area contributed by atoms with Crippen molar-refractivity contribution in [1.82, 2.24) is 9.80 Å². The SMILES string of the molecule is COc1ccc(/C=C/CN2CCC[C@@H](CCC(=O)N3CCOCC3)C2)cc1. The predicted molar refractivity (Wildman–Crippen MR) is 108 cm³/mol. The molecule has 2 aliphatic rings. The van der Waals surface area contributed by atoms with E-state index in [0.29, 0.717) is 31.5 Å². The van der Waals surface area contributed by atoms with Crippen LogP contribution in [0.15, 0.2) is 30.3 Å². The minimum atomic E-state index is 0.301. The molecule has 27 heavy (non-hydrogen) atoms. The first-order valence-corrected chi connectivity index (χ1v) is 10.1. The molecule has 2 fully saturated rings. The van der Waals surface area contributed by atoms with Gasteiger partial charge < -0.3 is 14.4 Å². The topological polar surface area (TPSA) is 42.0 Å². The molecular formula is C22H32N2O3. The molecule has 5 nitrogen and oxygen atoms in total. The van der Waals surface area contributed by atoms with Crippen molar-refractivity contribution < 1.29 is 14.3 Å². The van der Waals surface area contributed by atoms with E-state index in [0.717, 1.165) is 44.9 Å². The number of rotatable bonds is 7. The van der Waals surface area contributed by atoms with Gasteiger partial charge in [0.25, 0.3) is 0 Å². The summed E-state index contributed by atoms with van der Waals surface area (Å²) in [4.78, 5) is 16.8. The molecule has 1 aromatic carbocycles. The quantitative estimate of drug-likeness (QED) is 0.738. The van der Waals surface area contributed by atoms with E-state index in [1.165, 1.54) is 18.4 Å². The van der Waals surface area contributed by atoms with Crippen LogP contribution >= 0.6 is 0 Å². The minimum absolute atomic E-state index is 0.301. The molecule has 0 saturated carbocycles. The fraction of sp³-hybridized carbons (Fsp3) is 0.591. The summed E-state index contributed by atoms with van der Waals surface area (Å²) in [5.41, 5.74) is 1.19. The molecule has 0 bridgehead atoms. The van der Waals surface area contributed by atoms with Crippen molar-refractivity contribution in [2.75, 3.05) is 53.0 Å². The number of nitrogens with zero attached hydrogens (tertiary/aromatic N) is 2. The zero-order valence-corrected chi connectivity index (χ0v) is 16.4. The van der Waals surface area contributed by atoms with Crippen molar-refractivity contribution in [3.8, 4) is 5.75 Å². The zero-order chi connectivity index (χ0) is 18.9. The number of hydrogen-bond donors (Lipinski definition) is 0. The second-order valence-electron chi connectivity index (χ2n) is 7.48. The highest BCUT2D eigenvalue weighted by molar-refractivity contribution is 5.76. The fourth-order valence-electron chi connectivity index (χ4n) is 3.90. The standard InChI is InChI=1S/C22H32N2O3/c1-26-21-9-6-19(7-10-21)4-2-12-23-13-3-5-20(18-23)8-11-22(25)24-14-16-27-17-15-24/h2,4,6-7,9-10,20H,3,5,8,11-18H2,1H3/b4-2+/t20-/m0/s1. The molecule has 0 spiro atoms. The number of carbonyl (C=O) groups is 1. The molecule has 1 amide bonds. The molecule has 1 atom stereocenters. The van der Waals surface area contributed by atoms with Gasteiger partial charge in [-0.2, -0.15) is 0 Å². The summed E-state index contributed by atoms with van der Waals surface area (Å²) in [5.74, 6) is 1.82. The zero-order valence-electron chi connectivity index (χ0n) is 16.4. The average Bonchev–Trinajstić information content (AvgIpc) is 2.73. The van der Waals surface area contributed by atoms with Crippen LogP contribution in [0, 0.1) is 5.92 Å². The number of piperidine rings is 1. The Labute approximate surface area is 162 Å². The molecule has 3 rings (SSSR count). The van der Waals surface area contributed by atoms with E-state index in [2.05, 4.69) is 29.2 Å². The molecule has 0 aliphatic carbocycles. The molecule has 0 radical (unpaired) electrons. The van der Waals surface area contributed by atoms with Gasteiger partial charge in [0, 0.05) is 32.6 Å². The molecule has 2 heterocycles. The van der Waals surface area contributed by atoms with E-state index < -0.39 is 0 Å². The van der Waals surface area contributed by atoms with E-state index in [9.17, 15) is 4.79 Å². The van der Waals surface area contributed by atoms with E-state index in [-0.39, 0.29) is 0 Å². The van der Waals surface area contributed by atoms with Crippen LogP contribution in [0.5, 0.6) is 5.75 Å². The number of ether oxygens (including phenoxy) is 2. The second-order valence-corrected chi connectivity index (χ2v) is 7.48. The van der Waals surface area contributed by atoms with Gasteiger partial charge in [-0.15, -0.1) is 0 Å². The summed E-state index contributed by atoms with van der Waals surface area (Å²) < 4.78 is 10.5. The molecule has 1 aromatic rings. The van der Waals surface area contributed by atoms with Crippen LogP contribution < -0.4 is 4.74 Å². The molecule has 5 heteroatoms. The number of likely N-dealkylation sites (tertiary alicyclic amines) is 1. The number of methoxy groups -OCH3 is 1. The maximum atomic E-state index is 12.3. The second kappa shape index (κ2) is 10.5. The van der Waals surface area contributed by atoms with Gasteiger partial charge in [0.05, 0.1) is 20.3 Å². The molecule has 148 valence electrons. The van der Waals surface area contributed by atoms with Crippen molar-refractivity contribution in [2.45, 2.75) is 25.7 Å². The smallest absolute Gasteiger partial charge is 0.222 e. The first-order valence-electron chi connectivity index (χ1n) is 10.1. The Morgan fingerprint density at radius 2 is 2.00 bits per heavy atom. The maximum Gasteiger partial charge on any atom is 0.222 e. The van der Waals surface area contributed by atoms with Crippen LogP contribution in [0.2, 0.25) is 0 Å². The third-order valence-corrected chi connectivity index (χ3v) is 5.52. The van der Waals surface area contributed by atoms with Gasteiger partial charge in [-0.3, -0.25) is 9.69 Å². The lowest BCUT2D eigenvalue weighted by atomic mass is 9.93. The highest BCUT2D eigenvalue weighted by Gasteiger charge is 2.22. The summed E-state index contributed by atoms with van der Waals surface area (Å²) in [6.07, 6.45) is 8.57. The highest BCUT2D eigenvalue weighted by Crippen LogP contribution is 2.22. The summed E-state index contributed by atoms with van der Waals surface area (Å²) in [6.45, 7) is 6.11. The number of amides is 1. The van der Waals surface area contributed by atoms with Gasteiger partial charge in [-0.1, -0.05) is 24.3 Å². The number of morpholine rings is 1. The Morgan fingerprint density at radius 3 is 2.74 bits per heavy atom. The molecule has 2 aliphatic heterocycles. The number of benzene rings is 1. The lowest BCUT2D eigenvalue weighted by Crippen LogP contribution is -2.41. The van der Waals surface area contributed by atoms with Crippen LogP contribution in [0.4, 0.5) is 0 Å². The van der Waals surface area contributed by atoms with E-state index in [1.807, 2.05) is 17.0 Å². The fourth-order valence-corrected chi connectivity index (χ4v) is 3.90. The average molecular weight is 373 g/mol. The van der Waals surface area contributed by atoms with Crippen molar-refractivity contribution in [3.05, 3.63) is 35.9 Å². The Bertz CT molecular complexity index is 608. The molecule has 0 N–H and O–H groups in total. The summed E-state index contributed by atoms with van der Waals surface area (Å²) in [5, 5.41) is 0. The van der Waals surface area contributed by atoms with Crippen LogP contribution in [0.1, 0.15) is 31.2 Å². The lowest BCUT2D eigenvalue weighted by Gasteiger charge is -2.32. The van der Waals surface area contributed by atoms with Crippen LogP contribution in [0.3, 0.4) is 0 Å². The Morgan fingerprint density at radius 1 is 1.22 bits per heavy atom. The van der Waals surface area contributed by atoms with Gasteiger partial charge in [-0.05, 0) is 49.4 Å². The lowest BCUT2D eigenvalue weighted by molar-refractivity contribution is -0.135. The normalized spacial score (nSPS) is 21.5. The van der Waals surface area contributed by atoms with Crippen molar-refractivity contribution >= 4 is 12.0 Å². The van der Waals surface area contributed by atoms with Crippen LogP contribution in [-0.4, -0.2) is 68.8 Å². The largest absolute Gasteiger partial charge is 0.497 e. The van der Waals surface area contributed by atoms with E-state index in [4.69, 9.17) is 9.47 Å². The maximum absolute atomic E-state index is 12.3. The number of hydrogen-bond acceptors (Lipinski definition) is 4. The first kappa shape index (κ1) is 19.9. The number of carbonyl (C=O) groups excluding carboxylic acids is 1. The van der Waals surface area contributed by atoms with Crippen LogP contribution in [-0.2, 0) is 9.53 Å². The molecule has 2 saturated heterocycles. The highest BCUT2D eigenvalue weighted by atomic mass is 16.5. The van der Waals surface area contributed by atoms with Gasteiger partial charge in [0.15, 0.2) is 0 Å². The summed E-state index contributed by atoms with van der Waals surface area (Å²) in [6, 6.07) is 8.13. The van der Waals surface area contributed by atoms with E-state index in [1.54, 1.807) is 7.11 Å². The summed E-state index contributed by atoms with van der Waals surface area (Å²) in [7, 11) is 1.69. The Hall–Kier alpha value is -1.85. The first-order chi connectivity index (χ1) is 13.2. The van der Waals surface area contributed by atoms with Gasteiger partial charge in [0.2, 0.25) is 5.91 Å². The predicted octanol–water partition coefficient (Wildman–Crippen LogP) is 3.06. The third kappa shape index (κ3) is 6.36. The molecular weight excluding hydrogens is 340 g/mol. The minimum Gasteiger partial charge on any atom is -0.497 e. The molecule has 0 aromatic heterocycles. The van der Waals surface area contributed by atoms with Crippen molar-refractivity contribution in [1.29, 1.82) is 0 Å². The van der Waals surface area contributed by atoms with Gasteiger partial charge in [0.1, 0.15) is 5.75 Å². The van der Waals surface area contributed by atoms with Crippen LogP contribution in [0.25, 0.3) is 6.08 Å². The Kier molecular flexibility index (Phi) is 7.72. The summed E-state index contributed by atoms with van der Waals surface area (Å²) >= 11 is 0. The van der Waals surface area contributed by atoms with Crippen molar-refractivity contribution in [3.63, 3.8) is 0 Å². The Balaban J connectivity index is 1.39. The third-order valence-electron chi connectivity index (χ3n) is 5.52. The van der Waals surface area contributed by atoms with E-state index >= 15 is 0 Å². The van der Waals surface area contributed by atoms with Gasteiger partial charge >= 0.3 is 0 Å². The van der Waals surface area contributed by atoms with Crippen molar-refractivity contribution in [2.24, 2.45) is 5.92 Å². The van der Waals surface area contributed by atoms with Gasteiger partial charge in [-0.25, -0.2) is 0 Å². The monoisotopic (exact) mass is 372 g/mol.